The van der Waals surface area contributed by atoms with Crippen molar-refractivity contribution in [3.63, 3.8) is 0 Å². The molecule has 7 heteroatoms. The first-order valence-corrected chi connectivity index (χ1v) is 12.3. The molecule has 5 rings (SSSR count). The normalized spacial score (nSPS) is 12.5. The first-order valence-electron chi connectivity index (χ1n) is 12.3. The zero-order chi connectivity index (χ0) is 25.8. The number of nitrogens with zero attached hydrogens (tertiary/aromatic N) is 2. The van der Waals surface area contributed by atoms with E-state index >= 15 is 0 Å². The quantitative estimate of drug-likeness (QED) is 0.383. The second kappa shape index (κ2) is 10.3. The Hall–Kier alpha value is -4.39. The molecule has 0 bridgehead atoms. The van der Waals surface area contributed by atoms with Gasteiger partial charge in [-0.05, 0) is 55.7 Å². The molecule has 0 atom stereocenters. The number of ether oxygens (including phenoxy) is 2. The summed E-state index contributed by atoms with van der Waals surface area (Å²) in [5.74, 6) is 1.16. The van der Waals surface area contributed by atoms with Crippen LogP contribution in [0.4, 0.5) is 0 Å². The highest BCUT2D eigenvalue weighted by molar-refractivity contribution is 5.83. The highest BCUT2D eigenvalue weighted by atomic mass is 16.7. The van der Waals surface area contributed by atoms with Crippen molar-refractivity contribution in [2.75, 3.05) is 13.3 Å². The number of fused-ring (bicyclic) bond motifs is 1. The number of benzene rings is 3. The monoisotopic (exact) mass is 495 g/mol. The minimum absolute atomic E-state index is 0.140. The molecule has 0 spiro atoms. The molecule has 0 unspecified atom stereocenters. The minimum Gasteiger partial charge on any atom is -0.454 e. The first kappa shape index (κ1) is 24.3. The van der Waals surface area contributed by atoms with E-state index < -0.39 is 5.54 Å². The standard InChI is InChI=1S/C30H29N3O4/c1-30(2,33-28(34)16-14-25(32-33)23-13-15-26-27(19-23)37-20-36-26)29(35)31-18-17-24(21-9-5-3-6-10-21)22-11-7-4-8-12-22/h3-16,19,24H,17-18,20H2,1-2H3,(H,31,35). The zero-order valence-electron chi connectivity index (χ0n) is 20.9. The number of carbonyl (C=O) groups excluding carboxylic acids is 1. The van der Waals surface area contributed by atoms with E-state index in [1.807, 2.05) is 54.6 Å². The van der Waals surface area contributed by atoms with Crippen LogP contribution in [0.5, 0.6) is 11.5 Å². The molecule has 37 heavy (non-hydrogen) atoms. The Labute approximate surface area is 215 Å². The van der Waals surface area contributed by atoms with Gasteiger partial charge >= 0.3 is 0 Å². The summed E-state index contributed by atoms with van der Waals surface area (Å²) in [6.45, 7) is 4.03. The van der Waals surface area contributed by atoms with Gasteiger partial charge in [-0.25, -0.2) is 4.68 Å². The van der Waals surface area contributed by atoms with Crippen molar-refractivity contribution >= 4 is 5.91 Å². The topological polar surface area (TPSA) is 82.5 Å². The molecular weight excluding hydrogens is 466 g/mol. The minimum atomic E-state index is -1.20. The lowest BCUT2D eigenvalue weighted by Crippen LogP contribution is -2.50. The van der Waals surface area contributed by atoms with E-state index in [1.54, 1.807) is 19.9 Å². The van der Waals surface area contributed by atoms with Crippen molar-refractivity contribution in [1.29, 1.82) is 0 Å². The van der Waals surface area contributed by atoms with Gasteiger partial charge in [-0.1, -0.05) is 60.7 Å². The van der Waals surface area contributed by atoms with Crippen molar-refractivity contribution in [1.82, 2.24) is 15.1 Å². The second-order valence-electron chi connectivity index (χ2n) is 9.51. The summed E-state index contributed by atoms with van der Waals surface area (Å²) in [5, 5.41) is 7.58. The fourth-order valence-electron chi connectivity index (χ4n) is 4.56. The summed E-state index contributed by atoms with van der Waals surface area (Å²) in [6, 6.07) is 29.1. The molecule has 4 aromatic rings. The third-order valence-corrected chi connectivity index (χ3v) is 6.68. The number of aromatic nitrogens is 2. The van der Waals surface area contributed by atoms with Gasteiger partial charge in [0, 0.05) is 24.1 Å². The van der Waals surface area contributed by atoms with E-state index in [0.29, 0.717) is 23.7 Å². The third-order valence-electron chi connectivity index (χ3n) is 6.68. The maximum atomic E-state index is 13.3. The molecule has 1 aliphatic rings. The molecule has 1 aromatic heterocycles. The van der Waals surface area contributed by atoms with E-state index in [4.69, 9.17) is 9.47 Å². The van der Waals surface area contributed by atoms with Gasteiger partial charge in [-0.2, -0.15) is 5.10 Å². The SMILES string of the molecule is CC(C)(C(=O)NCCC(c1ccccc1)c1ccccc1)n1nc(-c2ccc3c(c2)OCO3)ccc1=O. The summed E-state index contributed by atoms with van der Waals surface area (Å²) >= 11 is 0. The lowest BCUT2D eigenvalue weighted by Gasteiger charge is -2.26. The Kier molecular flexibility index (Phi) is 6.77. The Morgan fingerprint density at radius 2 is 1.57 bits per heavy atom. The number of hydrogen-bond donors (Lipinski definition) is 1. The third kappa shape index (κ3) is 5.11. The molecule has 1 N–H and O–H groups in total. The number of nitrogens with one attached hydrogen (secondary N) is 1. The van der Waals surface area contributed by atoms with Crippen LogP contribution in [-0.4, -0.2) is 29.0 Å². The molecule has 0 fully saturated rings. The fraction of sp³-hybridized carbons (Fsp3) is 0.233. The lowest BCUT2D eigenvalue weighted by molar-refractivity contribution is -0.129. The summed E-state index contributed by atoms with van der Waals surface area (Å²) in [4.78, 5) is 26.1. The van der Waals surface area contributed by atoms with Gasteiger partial charge in [0.25, 0.3) is 5.56 Å². The van der Waals surface area contributed by atoms with Gasteiger partial charge in [0.2, 0.25) is 12.7 Å². The highest BCUT2D eigenvalue weighted by Crippen LogP contribution is 2.35. The summed E-state index contributed by atoms with van der Waals surface area (Å²) in [7, 11) is 0. The maximum Gasteiger partial charge on any atom is 0.267 e. The van der Waals surface area contributed by atoms with E-state index in [9.17, 15) is 9.59 Å². The summed E-state index contributed by atoms with van der Waals surface area (Å²) < 4.78 is 12.1. The zero-order valence-corrected chi connectivity index (χ0v) is 20.9. The van der Waals surface area contributed by atoms with Gasteiger partial charge in [-0.3, -0.25) is 9.59 Å². The van der Waals surface area contributed by atoms with Gasteiger partial charge in [-0.15, -0.1) is 0 Å². The molecule has 188 valence electrons. The Morgan fingerprint density at radius 3 is 2.24 bits per heavy atom. The van der Waals surface area contributed by atoms with Crippen LogP contribution in [0.1, 0.15) is 37.3 Å². The average molecular weight is 496 g/mol. The van der Waals surface area contributed by atoms with Crippen LogP contribution in [0.2, 0.25) is 0 Å². The highest BCUT2D eigenvalue weighted by Gasteiger charge is 2.32. The molecule has 0 saturated heterocycles. The summed E-state index contributed by atoms with van der Waals surface area (Å²) in [5.41, 5.74) is 2.16. The second-order valence-corrected chi connectivity index (χ2v) is 9.51. The number of amides is 1. The fourth-order valence-corrected chi connectivity index (χ4v) is 4.56. The van der Waals surface area contributed by atoms with E-state index in [1.165, 1.54) is 21.9 Å². The number of hydrogen-bond acceptors (Lipinski definition) is 5. The molecule has 0 aliphatic carbocycles. The summed E-state index contributed by atoms with van der Waals surface area (Å²) in [6.07, 6.45) is 0.718. The van der Waals surface area contributed by atoms with Crippen LogP contribution in [0, 0.1) is 0 Å². The number of rotatable bonds is 8. The van der Waals surface area contributed by atoms with Crippen LogP contribution < -0.4 is 20.3 Å². The van der Waals surface area contributed by atoms with E-state index in [0.717, 1.165) is 12.0 Å². The molecular formula is C30H29N3O4. The first-order chi connectivity index (χ1) is 17.9. The Balaban J connectivity index is 1.33. The van der Waals surface area contributed by atoms with Crippen molar-refractivity contribution in [3.05, 3.63) is 112 Å². The van der Waals surface area contributed by atoms with Crippen molar-refractivity contribution in [3.8, 4) is 22.8 Å². The molecule has 2 heterocycles. The van der Waals surface area contributed by atoms with Gasteiger partial charge in [0.1, 0.15) is 5.54 Å². The van der Waals surface area contributed by atoms with Crippen LogP contribution in [0.15, 0.2) is 95.8 Å². The van der Waals surface area contributed by atoms with Crippen LogP contribution in [0.25, 0.3) is 11.3 Å². The largest absolute Gasteiger partial charge is 0.454 e. The van der Waals surface area contributed by atoms with Gasteiger partial charge in [0.05, 0.1) is 5.69 Å². The Bertz CT molecular complexity index is 1410. The van der Waals surface area contributed by atoms with Crippen molar-refractivity contribution in [2.24, 2.45) is 0 Å². The van der Waals surface area contributed by atoms with Gasteiger partial charge in [0.15, 0.2) is 11.5 Å². The van der Waals surface area contributed by atoms with Crippen LogP contribution in [0.3, 0.4) is 0 Å². The van der Waals surface area contributed by atoms with Crippen LogP contribution >= 0.6 is 0 Å². The van der Waals surface area contributed by atoms with E-state index in [2.05, 4.69) is 34.7 Å². The van der Waals surface area contributed by atoms with Crippen LogP contribution in [-0.2, 0) is 10.3 Å². The van der Waals surface area contributed by atoms with Crippen molar-refractivity contribution < 1.29 is 14.3 Å². The smallest absolute Gasteiger partial charge is 0.267 e. The van der Waals surface area contributed by atoms with Gasteiger partial charge < -0.3 is 14.8 Å². The predicted molar refractivity (Wildman–Crippen MR) is 142 cm³/mol. The molecule has 7 nitrogen and oxygen atoms in total. The van der Waals surface area contributed by atoms with Crippen molar-refractivity contribution in [2.45, 2.75) is 31.7 Å². The molecule has 0 saturated carbocycles. The predicted octanol–water partition coefficient (Wildman–Crippen LogP) is 4.71. The maximum absolute atomic E-state index is 13.3. The Morgan fingerprint density at radius 1 is 0.919 bits per heavy atom. The molecule has 1 amide bonds. The molecule has 1 aliphatic heterocycles. The average Bonchev–Trinajstić information content (AvgIpc) is 3.40. The molecule has 3 aromatic carbocycles. The molecule has 0 radical (unpaired) electrons. The number of carbonyl (C=O) groups is 1. The lowest BCUT2D eigenvalue weighted by atomic mass is 9.88. The van der Waals surface area contributed by atoms with E-state index in [-0.39, 0.29) is 24.2 Å².